The molecule has 0 aromatic heterocycles. The molecule has 0 unspecified atom stereocenters. The van der Waals surface area contributed by atoms with Crippen LogP contribution in [0.15, 0.2) is 64.8 Å². The average Bonchev–Trinajstić information content (AvgIpc) is 2.93. The van der Waals surface area contributed by atoms with Gasteiger partial charge >= 0.3 is 5.97 Å². The molecule has 1 aliphatic rings. The Morgan fingerprint density at radius 1 is 1.21 bits per heavy atom. The molecule has 3 rings (SSSR count). The summed E-state index contributed by atoms with van der Waals surface area (Å²) in [6, 6.07) is 9.04. The van der Waals surface area contributed by atoms with Gasteiger partial charge in [-0.25, -0.2) is 22.7 Å². The van der Waals surface area contributed by atoms with Crippen molar-refractivity contribution >= 4 is 27.6 Å². The van der Waals surface area contributed by atoms with Gasteiger partial charge in [-0.2, -0.15) is 0 Å². The zero-order valence-corrected chi connectivity index (χ0v) is 16.0. The summed E-state index contributed by atoms with van der Waals surface area (Å²) in [5.41, 5.74) is -0.317. The largest absolute Gasteiger partial charge is 0.503 e. The molecule has 29 heavy (non-hydrogen) atoms. The van der Waals surface area contributed by atoms with Crippen LogP contribution in [0, 0.1) is 5.82 Å². The molecule has 0 saturated carbocycles. The number of esters is 1. The van der Waals surface area contributed by atoms with Crippen LogP contribution in [0.3, 0.4) is 0 Å². The van der Waals surface area contributed by atoms with E-state index in [0.29, 0.717) is 0 Å². The van der Waals surface area contributed by atoms with Gasteiger partial charge in [0.15, 0.2) is 5.76 Å². The highest BCUT2D eigenvalue weighted by Crippen LogP contribution is 2.41. The number of hydrogen-bond acceptors (Lipinski definition) is 6. The number of nitrogens with zero attached hydrogens (tertiary/aromatic N) is 1. The fraction of sp³-hybridized carbons (Fsp3) is 0.158. The normalized spacial score (nSPS) is 17.0. The summed E-state index contributed by atoms with van der Waals surface area (Å²) < 4.78 is 42.4. The molecule has 152 valence electrons. The van der Waals surface area contributed by atoms with Gasteiger partial charge in [0.2, 0.25) is 10.0 Å². The van der Waals surface area contributed by atoms with E-state index >= 15 is 0 Å². The summed E-state index contributed by atoms with van der Waals surface area (Å²) in [7, 11) is -3.97. The number of aliphatic hydroxyl groups excluding tert-OH is 1. The molecular weight excluding hydrogens is 403 g/mol. The highest BCUT2D eigenvalue weighted by molar-refractivity contribution is 7.89. The molecule has 0 spiro atoms. The standard InChI is InChI=1S/C19H17FN2O6S/c1-2-28-19(25)15-16(13-5-3-4-6-14(13)20)22(18(24)17(15)23)11-7-9-12(10-8-11)29(21,26)27/h3-10,16,23H,2H2,1H3,(H2,21,26,27)/t16-/m1/s1. The number of rotatable bonds is 5. The van der Waals surface area contributed by atoms with Gasteiger partial charge in [-0.05, 0) is 37.3 Å². The molecule has 1 heterocycles. The van der Waals surface area contributed by atoms with E-state index in [1.54, 1.807) is 6.92 Å². The zero-order valence-electron chi connectivity index (χ0n) is 15.2. The topological polar surface area (TPSA) is 127 Å². The predicted octanol–water partition coefficient (Wildman–Crippen LogP) is 1.94. The van der Waals surface area contributed by atoms with Gasteiger partial charge in [0.25, 0.3) is 5.91 Å². The second-order valence-electron chi connectivity index (χ2n) is 6.12. The predicted molar refractivity (Wildman–Crippen MR) is 101 cm³/mol. The molecule has 1 amide bonds. The Morgan fingerprint density at radius 3 is 2.38 bits per heavy atom. The van der Waals surface area contributed by atoms with Crippen molar-refractivity contribution in [1.82, 2.24) is 0 Å². The quantitative estimate of drug-likeness (QED) is 0.712. The lowest BCUT2D eigenvalue weighted by Gasteiger charge is -2.27. The maximum absolute atomic E-state index is 14.5. The van der Waals surface area contributed by atoms with E-state index in [1.807, 2.05) is 0 Å². The van der Waals surface area contributed by atoms with Crippen LogP contribution < -0.4 is 10.0 Å². The lowest BCUT2D eigenvalue weighted by molar-refractivity contribution is -0.139. The number of halogens is 1. The maximum Gasteiger partial charge on any atom is 0.340 e. The maximum atomic E-state index is 14.5. The van der Waals surface area contributed by atoms with Gasteiger partial charge in [0.1, 0.15) is 17.4 Å². The number of carbonyl (C=O) groups is 2. The Bertz CT molecular complexity index is 1110. The van der Waals surface area contributed by atoms with Gasteiger partial charge in [-0.3, -0.25) is 9.69 Å². The zero-order chi connectivity index (χ0) is 21.3. The van der Waals surface area contributed by atoms with E-state index in [1.165, 1.54) is 30.3 Å². The third kappa shape index (κ3) is 3.71. The van der Waals surface area contributed by atoms with Gasteiger partial charge < -0.3 is 9.84 Å². The number of amides is 1. The molecule has 3 N–H and O–H groups in total. The van der Waals surface area contributed by atoms with Gasteiger partial charge in [0.05, 0.1) is 11.5 Å². The minimum atomic E-state index is -3.97. The van der Waals surface area contributed by atoms with Crippen molar-refractivity contribution in [1.29, 1.82) is 0 Å². The van der Waals surface area contributed by atoms with Gasteiger partial charge in [0, 0.05) is 11.3 Å². The second kappa shape index (κ2) is 7.64. The van der Waals surface area contributed by atoms with Crippen LogP contribution in [0.2, 0.25) is 0 Å². The first kappa shape index (κ1) is 20.5. The molecule has 1 aliphatic heterocycles. The van der Waals surface area contributed by atoms with Crippen LogP contribution in [0.4, 0.5) is 10.1 Å². The lowest BCUT2D eigenvalue weighted by Crippen LogP contribution is -2.31. The number of ether oxygens (including phenoxy) is 1. The number of hydrogen-bond donors (Lipinski definition) is 2. The molecular formula is C19H17FN2O6S. The van der Waals surface area contributed by atoms with E-state index in [0.717, 1.165) is 23.1 Å². The molecule has 0 fully saturated rings. The molecule has 1 atom stereocenters. The van der Waals surface area contributed by atoms with Crippen molar-refractivity contribution in [2.24, 2.45) is 5.14 Å². The third-order valence-corrected chi connectivity index (χ3v) is 5.28. The average molecular weight is 420 g/mol. The van der Waals surface area contributed by atoms with Crippen molar-refractivity contribution < 1.29 is 32.2 Å². The van der Waals surface area contributed by atoms with Crippen molar-refractivity contribution in [3.05, 3.63) is 71.2 Å². The van der Waals surface area contributed by atoms with E-state index < -0.39 is 45.1 Å². The van der Waals surface area contributed by atoms with Crippen molar-refractivity contribution in [2.75, 3.05) is 11.5 Å². The molecule has 10 heteroatoms. The SMILES string of the molecule is CCOC(=O)C1=C(O)C(=O)N(c2ccc(S(N)(=O)=O)cc2)[C@@H]1c1ccccc1F. The van der Waals surface area contributed by atoms with Crippen LogP contribution in [-0.4, -0.2) is 32.0 Å². The van der Waals surface area contributed by atoms with E-state index in [9.17, 15) is 27.5 Å². The summed E-state index contributed by atoms with van der Waals surface area (Å²) in [6.45, 7) is 1.53. The molecule has 0 bridgehead atoms. The number of aliphatic hydroxyl groups is 1. The van der Waals surface area contributed by atoms with Crippen molar-refractivity contribution in [3.8, 4) is 0 Å². The minimum Gasteiger partial charge on any atom is -0.503 e. The Hall–Kier alpha value is -3.24. The molecule has 2 aromatic rings. The van der Waals surface area contributed by atoms with E-state index in [-0.39, 0.29) is 22.8 Å². The number of anilines is 1. The summed E-state index contributed by atoms with van der Waals surface area (Å²) in [5, 5.41) is 15.4. The van der Waals surface area contributed by atoms with E-state index in [4.69, 9.17) is 9.88 Å². The minimum absolute atomic E-state index is 0.0170. The Labute approximate surface area is 166 Å². The first-order valence-corrected chi connectivity index (χ1v) is 10.0. The highest BCUT2D eigenvalue weighted by atomic mass is 32.2. The summed E-state index contributed by atoms with van der Waals surface area (Å²) in [4.78, 5) is 26.0. The fourth-order valence-corrected chi connectivity index (χ4v) is 3.59. The summed E-state index contributed by atoms with van der Waals surface area (Å²) >= 11 is 0. The monoisotopic (exact) mass is 420 g/mol. The first-order chi connectivity index (χ1) is 13.7. The number of primary sulfonamides is 1. The Morgan fingerprint density at radius 2 is 1.83 bits per heavy atom. The molecule has 8 nitrogen and oxygen atoms in total. The van der Waals surface area contributed by atoms with Crippen molar-refractivity contribution in [2.45, 2.75) is 17.9 Å². The van der Waals surface area contributed by atoms with E-state index in [2.05, 4.69) is 0 Å². The summed E-state index contributed by atoms with van der Waals surface area (Å²) in [5.74, 6) is -3.49. The Kier molecular flexibility index (Phi) is 5.40. The van der Waals surface area contributed by atoms with Crippen LogP contribution in [-0.2, 0) is 24.3 Å². The van der Waals surface area contributed by atoms with Crippen LogP contribution >= 0.6 is 0 Å². The van der Waals surface area contributed by atoms with Crippen LogP contribution in [0.1, 0.15) is 18.5 Å². The molecule has 0 aliphatic carbocycles. The van der Waals surface area contributed by atoms with Crippen LogP contribution in [0.25, 0.3) is 0 Å². The van der Waals surface area contributed by atoms with Crippen LogP contribution in [0.5, 0.6) is 0 Å². The highest BCUT2D eigenvalue weighted by Gasteiger charge is 2.46. The smallest absolute Gasteiger partial charge is 0.340 e. The van der Waals surface area contributed by atoms with Gasteiger partial charge in [-0.1, -0.05) is 18.2 Å². The number of sulfonamides is 1. The lowest BCUT2D eigenvalue weighted by atomic mass is 9.98. The third-order valence-electron chi connectivity index (χ3n) is 4.35. The first-order valence-electron chi connectivity index (χ1n) is 8.48. The number of benzene rings is 2. The Balaban J connectivity index is 2.16. The number of carbonyl (C=O) groups excluding carboxylic acids is 2. The van der Waals surface area contributed by atoms with Crippen molar-refractivity contribution in [3.63, 3.8) is 0 Å². The fourth-order valence-electron chi connectivity index (χ4n) is 3.08. The molecule has 2 aromatic carbocycles. The summed E-state index contributed by atoms with van der Waals surface area (Å²) in [6.07, 6.45) is 0. The molecule has 0 radical (unpaired) electrons. The number of nitrogens with two attached hydrogens (primary N) is 1. The molecule has 0 saturated heterocycles. The van der Waals surface area contributed by atoms with Gasteiger partial charge in [-0.15, -0.1) is 0 Å². The second-order valence-corrected chi connectivity index (χ2v) is 7.68.